The van der Waals surface area contributed by atoms with Gasteiger partial charge in [0.15, 0.2) is 0 Å². The summed E-state index contributed by atoms with van der Waals surface area (Å²) in [7, 11) is 0. The molecule has 1 atom stereocenters. The maximum absolute atomic E-state index is 10.9. The number of Topliss-reactive ketones (excluding diaryl/α,β-unsaturated/α-hetero) is 1. The molecule has 0 heterocycles. The Morgan fingerprint density at radius 3 is 2.65 bits per heavy atom. The van der Waals surface area contributed by atoms with Gasteiger partial charge in [-0.3, -0.25) is 0 Å². The van der Waals surface area contributed by atoms with Crippen molar-refractivity contribution in [2.45, 2.75) is 37.9 Å². The van der Waals surface area contributed by atoms with E-state index in [0.29, 0.717) is 19.8 Å². The van der Waals surface area contributed by atoms with Gasteiger partial charge >= 0.3 is 110 Å². The summed E-state index contributed by atoms with van der Waals surface area (Å²) in [5.74, 6) is 5.80. The summed E-state index contributed by atoms with van der Waals surface area (Å²) < 4.78 is 1.36. The molecule has 0 aliphatic carbocycles. The van der Waals surface area contributed by atoms with Crippen LogP contribution in [0.4, 0.5) is 0 Å². The van der Waals surface area contributed by atoms with Crippen molar-refractivity contribution in [2.24, 2.45) is 0 Å². The van der Waals surface area contributed by atoms with Crippen molar-refractivity contribution in [2.75, 3.05) is 0 Å². The summed E-state index contributed by atoms with van der Waals surface area (Å²) >= 11 is 0.346. The first-order chi connectivity index (χ1) is 8.22. The second kappa shape index (κ2) is 8.12. The molecule has 2 heteroatoms. The van der Waals surface area contributed by atoms with Gasteiger partial charge in [0.1, 0.15) is 0 Å². The zero-order valence-corrected chi connectivity index (χ0v) is 12.1. The Kier molecular flexibility index (Phi) is 6.70. The van der Waals surface area contributed by atoms with Crippen LogP contribution in [0.25, 0.3) is 0 Å². The molecule has 1 aromatic rings. The molecular weight excluding hydrogens is 275 g/mol. The summed E-state index contributed by atoms with van der Waals surface area (Å²) in [6.45, 7) is 3.71. The third-order valence-electron chi connectivity index (χ3n) is 2.25. The van der Waals surface area contributed by atoms with Gasteiger partial charge in [0.05, 0.1) is 0 Å². The molecule has 1 aromatic carbocycles. The molecule has 17 heavy (non-hydrogen) atoms. The van der Waals surface area contributed by atoms with Crippen molar-refractivity contribution in [3.63, 3.8) is 0 Å². The predicted molar refractivity (Wildman–Crippen MR) is 73.6 cm³/mol. The zero-order chi connectivity index (χ0) is 12.5. The SMILES string of the molecule is CCCCC(C#CC(C)=O)[Se]c1ccccc1. The topological polar surface area (TPSA) is 17.1 Å². The quantitative estimate of drug-likeness (QED) is 0.463. The van der Waals surface area contributed by atoms with Crippen molar-refractivity contribution in [1.29, 1.82) is 0 Å². The molecule has 0 N–H and O–H groups in total. The molecule has 0 fully saturated rings. The molecule has 0 aliphatic heterocycles. The first-order valence-corrected chi connectivity index (χ1v) is 7.80. The number of rotatable bonds is 5. The fourth-order valence-corrected chi connectivity index (χ4v) is 3.59. The van der Waals surface area contributed by atoms with E-state index < -0.39 is 0 Å². The van der Waals surface area contributed by atoms with Crippen molar-refractivity contribution in [3.05, 3.63) is 30.3 Å². The van der Waals surface area contributed by atoms with E-state index >= 15 is 0 Å². The van der Waals surface area contributed by atoms with Crippen LogP contribution in [0.15, 0.2) is 30.3 Å². The third kappa shape index (κ3) is 6.31. The normalized spacial score (nSPS) is 11.4. The molecule has 1 unspecified atom stereocenters. The second-order valence-corrected chi connectivity index (χ2v) is 6.56. The minimum atomic E-state index is -0.0321. The molecule has 0 aliphatic rings. The van der Waals surface area contributed by atoms with Gasteiger partial charge < -0.3 is 0 Å². The van der Waals surface area contributed by atoms with E-state index in [1.165, 1.54) is 24.2 Å². The van der Waals surface area contributed by atoms with E-state index in [-0.39, 0.29) is 5.78 Å². The molecule has 0 aromatic heterocycles. The van der Waals surface area contributed by atoms with Gasteiger partial charge in [0, 0.05) is 0 Å². The summed E-state index contributed by atoms with van der Waals surface area (Å²) in [5.41, 5.74) is 0. The van der Waals surface area contributed by atoms with Crippen LogP contribution in [0.1, 0.15) is 33.1 Å². The van der Waals surface area contributed by atoms with Crippen LogP contribution in [-0.2, 0) is 4.79 Å². The van der Waals surface area contributed by atoms with Crippen LogP contribution in [-0.4, -0.2) is 20.7 Å². The number of carbonyl (C=O) groups excluding carboxylic acids is 1. The number of hydrogen-bond acceptors (Lipinski definition) is 1. The minimum absolute atomic E-state index is 0.0321. The monoisotopic (exact) mass is 294 g/mol. The van der Waals surface area contributed by atoms with Gasteiger partial charge in [-0.2, -0.15) is 0 Å². The second-order valence-electron chi connectivity index (χ2n) is 3.89. The molecule has 0 saturated carbocycles. The Bertz CT molecular complexity index is 400. The Hall–Kier alpha value is -1.03. The number of unbranched alkanes of at least 4 members (excludes halogenated alkanes) is 1. The predicted octanol–water partition coefficient (Wildman–Crippen LogP) is 2.59. The van der Waals surface area contributed by atoms with E-state index in [1.54, 1.807) is 0 Å². The Balaban J connectivity index is 2.64. The summed E-state index contributed by atoms with van der Waals surface area (Å²) in [6, 6.07) is 10.4. The fraction of sp³-hybridized carbons (Fsp3) is 0.400. The van der Waals surface area contributed by atoms with Crippen LogP contribution in [0.2, 0.25) is 4.82 Å². The summed E-state index contributed by atoms with van der Waals surface area (Å²) in [6.07, 6.45) is 3.47. The summed E-state index contributed by atoms with van der Waals surface area (Å²) in [4.78, 5) is 11.3. The van der Waals surface area contributed by atoms with E-state index in [9.17, 15) is 4.79 Å². The van der Waals surface area contributed by atoms with Crippen LogP contribution >= 0.6 is 0 Å². The van der Waals surface area contributed by atoms with Crippen LogP contribution in [0.5, 0.6) is 0 Å². The molecule has 0 bridgehead atoms. The zero-order valence-electron chi connectivity index (χ0n) is 10.4. The van der Waals surface area contributed by atoms with Crippen molar-refractivity contribution < 1.29 is 4.79 Å². The average Bonchev–Trinajstić information content (AvgIpc) is 2.34. The molecule has 0 amide bonds. The van der Waals surface area contributed by atoms with E-state index in [0.717, 1.165) is 6.42 Å². The maximum atomic E-state index is 10.9. The van der Waals surface area contributed by atoms with Gasteiger partial charge in [0.25, 0.3) is 0 Å². The number of ketones is 1. The van der Waals surface area contributed by atoms with Crippen LogP contribution in [0.3, 0.4) is 0 Å². The van der Waals surface area contributed by atoms with Gasteiger partial charge in [-0.25, -0.2) is 0 Å². The van der Waals surface area contributed by atoms with E-state index in [2.05, 4.69) is 43.0 Å². The molecule has 0 radical (unpaired) electrons. The van der Waals surface area contributed by atoms with Gasteiger partial charge in [-0.15, -0.1) is 0 Å². The van der Waals surface area contributed by atoms with Crippen molar-refractivity contribution >= 4 is 25.2 Å². The first kappa shape index (κ1) is 14.0. The number of hydrogen-bond donors (Lipinski definition) is 0. The average molecular weight is 293 g/mol. The van der Waals surface area contributed by atoms with Crippen molar-refractivity contribution in [1.82, 2.24) is 0 Å². The molecule has 0 spiro atoms. The third-order valence-corrected chi connectivity index (χ3v) is 4.73. The van der Waals surface area contributed by atoms with Crippen molar-refractivity contribution in [3.8, 4) is 11.8 Å². The van der Waals surface area contributed by atoms with E-state index in [1.807, 2.05) is 6.07 Å². The fourth-order valence-electron chi connectivity index (χ4n) is 1.40. The molecule has 1 rings (SSSR count). The van der Waals surface area contributed by atoms with Gasteiger partial charge in [-0.1, -0.05) is 0 Å². The number of benzene rings is 1. The number of carbonyl (C=O) groups is 1. The Morgan fingerprint density at radius 2 is 2.06 bits per heavy atom. The van der Waals surface area contributed by atoms with Gasteiger partial charge in [-0.05, 0) is 0 Å². The molecule has 0 saturated heterocycles. The molecular formula is C15H18OSe. The Morgan fingerprint density at radius 1 is 1.35 bits per heavy atom. The van der Waals surface area contributed by atoms with Crippen LogP contribution in [0, 0.1) is 11.8 Å². The van der Waals surface area contributed by atoms with E-state index in [4.69, 9.17) is 0 Å². The summed E-state index contributed by atoms with van der Waals surface area (Å²) in [5, 5.41) is 0. The molecule has 1 nitrogen and oxygen atoms in total. The standard InChI is InChI=1S/C15H18OSe/c1-3-4-8-15(12-11-13(2)16)17-14-9-6-5-7-10-14/h5-7,9-10,15H,3-4,8H2,1-2H3. The molecule has 90 valence electrons. The van der Waals surface area contributed by atoms with Gasteiger partial charge in [0.2, 0.25) is 0 Å². The first-order valence-electron chi connectivity index (χ1n) is 5.96. The van der Waals surface area contributed by atoms with Crippen LogP contribution < -0.4 is 4.46 Å². The Labute approximate surface area is 110 Å².